The second-order valence-corrected chi connectivity index (χ2v) is 3.27. The minimum atomic E-state index is -0.884. The standard InChI is InChI=1S/C8H12O2S/c9-8(10)7(11)6-4-2-1-3-5-6/h11H,1-5H2,(H,9,10). The average Bonchev–Trinajstić information content (AvgIpc) is 2.05. The zero-order valence-corrected chi connectivity index (χ0v) is 7.23. The number of rotatable bonds is 1. The van der Waals surface area contributed by atoms with Gasteiger partial charge in [-0.15, -0.1) is 12.6 Å². The van der Waals surface area contributed by atoms with Crippen molar-refractivity contribution in [2.45, 2.75) is 32.1 Å². The van der Waals surface area contributed by atoms with Crippen LogP contribution in [0.4, 0.5) is 0 Å². The molecule has 1 fully saturated rings. The molecule has 0 aromatic rings. The van der Waals surface area contributed by atoms with E-state index in [1.54, 1.807) is 0 Å². The number of carboxylic acids is 1. The molecule has 0 radical (unpaired) electrons. The molecule has 62 valence electrons. The SMILES string of the molecule is O=C(O)C(S)=C1CCCCC1. The second-order valence-electron chi connectivity index (χ2n) is 2.82. The highest BCUT2D eigenvalue weighted by Gasteiger charge is 2.12. The van der Waals surface area contributed by atoms with Gasteiger partial charge in [-0.25, -0.2) is 4.79 Å². The molecule has 0 amide bonds. The molecule has 3 heteroatoms. The van der Waals surface area contributed by atoms with Crippen molar-refractivity contribution in [3.63, 3.8) is 0 Å². The lowest BCUT2D eigenvalue weighted by Crippen LogP contribution is -2.02. The minimum Gasteiger partial charge on any atom is -0.477 e. The number of hydrogen-bond donors (Lipinski definition) is 2. The van der Waals surface area contributed by atoms with E-state index in [-0.39, 0.29) is 4.91 Å². The number of thiol groups is 1. The van der Waals surface area contributed by atoms with Crippen molar-refractivity contribution in [2.24, 2.45) is 0 Å². The zero-order valence-electron chi connectivity index (χ0n) is 6.34. The summed E-state index contributed by atoms with van der Waals surface area (Å²) in [6.45, 7) is 0. The van der Waals surface area contributed by atoms with Gasteiger partial charge in [-0.05, 0) is 31.3 Å². The van der Waals surface area contributed by atoms with Crippen LogP contribution in [0.2, 0.25) is 0 Å². The summed E-state index contributed by atoms with van der Waals surface area (Å²) in [5.74, 6) is -0.884. The van der Waals surface area contributed by atoms with Crippen LogP contribution in [0, 0.1) is 0 Å². The summed E-state index contributed by atoms with van der Waals surface area (Å²) in [7, 11) is 0. The van der Waals surface area contributed by atoms with Crippen LogP contribution in [0.1, 0.15) is 32.1 Å². The Balaban J connectivity index is 2.68. The lowest BCUT2D eigenvalue weighted by molar-refractivity contribution is -0.131. The molecule has 11 heavy (non-hydrogen) atoms. The van der Waals surface area contributed by atoms with Crippen LogP contribution < -0.4 is 0 Å². The van der Waals surface area contributed by atoms with E-state index >= 15 is 0 Å². The molecule has 0 unspecified atom stereocenters. The first kappa shape index (κ1) is 8.65. The summed E-state index contributed by atoms with van der Waals surface area (Å²) in [4.78, 5) is 10.7. The van der Waals surface area contributed by atoms with Crippen molar-refractivity contribution < 1.29 is 9.90 Å². The Morgan fingerprint density at radius 3 is 2.27 bits per heavy atom. The average molecular weight is 172 g/mol. The number of carbonyl (C=O) groups is 1. The maximum atomic E-state index is 10.5. The van der Waals surface area contributed by atoms with Crippen LogP contribution in [-0.2, 0) is 4.79 Å². The fraction of sp³-hybridized carbons (Fsp3) is 0.625. The maximum Gasteiger partial charge on any atom is 0.341 e. The Kier molecular flexibility index (Phi) is 3.00. The van der Waals surface area contributed by atoms with Gasteiger partial charge in [-0.1, -0.05) is 6.42 Å². The highest BCUT2D eigenvalue weighted by Crippen LogP contribution is 2.27. The van der Waals surface area contributed by atoms with Crippen LogP contribution >= 0.6 is 12.6 Å². The van der Waals surface area contributed by atoms with Crippen LogP contribution in [0.3, 0.4) is 0 Å². The largest absolute Gasteiger partial charge is 0.477 e. The summed E-state index contributed by atoms with van der Waals surface area (Å²) in [6.07, 6.45) is 5.31. The van der Waals surface area contributed by atoms with Crippen molar-refractivity contribution in [3.8, 4) is 0 Å². The Hall–Kier alpha value is -0.440. The molecular weight excluding hydrogens is 160 g/mol. The molecule has 0 atom stereocenters. The van der Waals surface area contributed by atoms with Crippen LogP contribution in [0.5, 0.6) is 0 Å². The molecule has 1 aliphatic carbocycles. The van der Waals surface area contributed by atoms with Crippen molar-refractivity contribution in [3.05, 3.63) is 10.5 Å². The molecular formula is C8H12O2S. The van der Waals surface area contributed by atoms with Gasteiger partial charge < -0.3 is 5.11 Å². The Bertz CT molecular complexity index is 188. The molecule has 0 aromatic carbocycles. The number of carboxylic acid groups (broad SMARTS) is 1. The predicted molar refractivity (Wildman–Crippen MR) is 46.7 cm³/mol. The fourth-order valence-corrected chi connectivity index (χ4v) is 1.59. The van der Waals surface area contributed by atoms with Crippen molar-refractivity contribution >= 4 is 18.6 Å². The van der Waals surface area contributed by atoms with Gasteiger partial charge in [0.1, 0.15) is 0 Å². The van der Waals surface area contributed by atoms with Crippen LogP contribution in [-0.4, -0.2) is 11.1 Å². The van der Waals surface area contributed by atoms with E-state index in [1.807, 2.05) is 0 Å². The summed E-state index contributed by atoms with van der Waals surface area (Å²) in [6, 6.07) is 0. The fourth-order valence-electron chi connectivity index (χ4n) is 1.37. The molecule has 0 bridgehead atoms. The zero-order chi connectivity index (χ0) is 8.27. The number of hydrogen-bond acceptors (Lipinski definition) is 2. The number of allylic oxidation sites excluding steroid dienone is 1. The Morgan fingerprint density at radius 1 is 1.27 bits per heavy atom. The first-order valence-corrected chi connectivity index (χ1v) is 4.31. The van der Waals surface area contributed by atoms with Crippen molar-refractivity contribution in [1.29, 1.82) is 0 Å². The lowest BCUT2D eigenvalue weighted by atomic mass is 9.95. The third kappa shape index (κ3) is 2.26. The van der Waals surface area contributed by atoms with Gasteiger partial charge in [0.2, 0.25) is 0 Å². The molecule has 0 saturated heterocycles. The molecule has 1 N–H and O–H groups in total. The van der Waals surface area contributed by atoms with Crippen molar-refractivity contribution in [1.82, 2.24) is 0 Å². The van der Waals surface area contributed by atoms with E-state index in [4.69, 9.17) is 5.11 Å². The second kappa shape index (κ2) is 3.81. The van der Waals surface area contributed by atoms with Gasteiger partial charge in [0.25, 0.3) is 0 Å². The topological polar surface area (TPSA) is 37.3 Å². The predicted octanol–water partition coefficient (Wildman–Crippen LogP) is 2.22. The Labute approximate surface area is 71.7 Å². The van der Waals surface area contributed by atoms with Gasteiger partial charge in [0.05, 0.1) is 4.91 Å². The van der Waals surface area contributed by atoms with Gasteiger partial charge in [-0.2, -0.15) is 0 Å². The van der Waals surface area contributed by atoms with Gasteiger partial charge >= 0.3 is 5.97 Å². The van der Waals surface area contributed by atoms with E-state index in [2.05, 4.69) is 12.6 Å². The summed E-state index contributed by atoms with van der Waals surface area (Å²) in [5.41, 5.74) is 1.02. The quantitative estimate of drug-likeness (QED) is 0.470. The smallest absolute Gasteiger partial charge is 0.341 e. The normalized spacial score (nSPS) is 18.1. The molecule has 2 nitrogen and oxygen atoms in total. The lowest BCUT2D eigenvalue weighted by Gasteiger charge is -2.14. The first-order valence-electron chi connectivity index (χ1n) is 3.86. The highest BCUT2D eigenvalue weighted by molar-refractivity contribution is 7.85. The molecule has 0 spiro atoms. The first-order chi connectivity index (χ1) is 5.22. The minimum absolute atomic E-state index is 0.268. The van der Waals surface area contributed by atoms with Gasteiger partial charge in [-0.3, -0.25) is 0 Å². The summed E-state index contributed by atoms with van der Waals surface area (Å²) in [5, 5.41) is 8.60. The van der Waals surface area contributed by atoms with Gasteiger partial charge in [0, 0.05) is 0 Å². The van der Waals surface area contributed by atoms with E-state index in [0.717, 1.165) is 31.3 Å². The monoisotopic (exact) mass is 172 g/mol. The van der Waals surface area contributed by atoms with Gasteiger partial charge in [0.15, 0.2) is 0 Å². The summed E-state index contributed by atoms with van der Waals surface area (Å²) >= 11 is 3.95. The third-order valence-corrected chi connectivity index (χ3v) is 2.50. The molecule has 0 heterocycles. The summed E-state index contributed by atoms with van der Waals surface area (Å²) < 4.78 is 0. The van der Waals surface area contributed by atoms with Crippen LogP contribution in [0.15, 0.2) is 10.5 Å². The molecule has 0 aliphatic heterocycles. The molecule has 1 rings (SSSR count). The van der Waals surface area contributed by atoms with E-state index in [1.165, 1.54) is 6.42 Å². The molecule has 0 aromatic heterocycles. The highest BCUT2D eigenvalue weighted by atomic mass is 32.1. The Morgan fingerprint density at radius 2 is 1.82 bits per heavy atom. The van der Waals surface area contributed by atoms with Crippen molar-refractivity contribution in [2.75, 3.05) is 0 Å². The molecule has 1 aliphatic rings. The molecule has 1 saturated carbocycles. The number of aliphatic carboxylic acids is 1. The van der Waals surface area contributed by atoms with E-state index in [9.17, 15) is 4.79 Å². The van der Waals surface area contributed by atoms with Crippen LogP contribution in [0.25, 0.3) is 0 Å². The van der Waals surface area contributed by atoms with E-state index < -0.39 is 5.97 Å². The van der Waals surface area contributed by atoms with E-state index in [0.29, 0.717) is 0 Å². The maximum absolute atomic E-state index is 10.5. The third-order valence-electron chi connectivity index (χ3n) is 1.99.